The Balaban J connectivity index is 0.792. The summed E-state index contributed by atoms with van der Waals surface area (Å²) in [6.07, 6.45) is 9.53. The minimum atomic E-state index is -0.983. The van der Waals surface area contributed by atoms with E-state index in [0.29, 0.717) is 55.2 Å². The molecule has 0 radical (unpaired) electrons. The van der Waals surface area contributed by atoms with Crippen molar-refractivity contribution < 1.29 is 33.8 Å². The van der Waals surface area contributed by atoms with E-state index in [1.165, 1.54) is 0 Å². The summed E-state index contributed by atoms with van der Waals surface area (Å²) < 4.78 is 5.89. The molecule has 1 fully saturated rings. The number of fused-ring (bicyclic) bond motifs is 1. The van der Waals surface area contributed by atoms with Gasteiger partial charge in [0.2, 0.25) is 17.7 Å². The van der Waals surface area contributed by atoms with Crippen molar-refractivity contribution in [3.05, 3.63) is 95.1 Å². The number of nitrogen functional groups attached to an aromatic ring is 1. The molecule has 5 amide bonds. The zero-order chi connectivity index (χ0) is 40.1. The number of aromatic nitrogens is 2. The summed E-state index contributed by atoms with van der Waals surface area (Å²) in [5, 5.41) is 26.7. The Hall–Kier alpha value is -6.31. The van der Waals surface area contributed by atoms with Crippen LogP contribution in [-0.4, -0.2) is 68.9 Å². The van der Waals surface area contributed by atoms with Crippen molar-refractivity contribution in [3.63, 3.8) is 0 Å². The molecule has 0 spiro atoms. The highest BCUT2D eigenvalue weighted by Gasteiger charge is 2.45. The normalized spacial score (nSPS) is 15.0. The van der Waals surface area contributed by atoms with Crippen molar-refractivity contribution in [1.29, 1.82) is 0 Å². The Morgan fingerprint density at radius 3 is 2.30 bits per heavy atom. The van der Waals surface area contributed by atoms with Crippen LogP contribution in [0.5, 0.6) is 11.5 Å². The first-order valence-electron chi connectivity index (χ1n) is 19.7. The van der Waals surface area contributed by atoms with Crippen LogP contribution in [-0.2, 0) is 27.3 Å². The molecule has 298 valence electrons. The quantitative estimate of drug-likeness (QED) is 0.0544. The number of carbonyl (C=O) groups is 5. The van der Waals surface area contributed by atoms with E-state index in [-0.39, 0.29) is 41.4 Å². The maximum atomic E-state index is 13.2. The van der Waals surface area contributed by atoms with Crippen molar-refractivity contribution in [2.45, 2.75) is 89.6 Å². The van der Waals surface area contributed by atoms with Gasteiger partial charge in [0.15, 0.2) is 11.6 Å². The summed E-state index contributed by atoms with van der Waals surface area (Å²) in [5.74, 6) is -1.31. The Bertz CT molecular complexity index is 2090. The number of carbonyl (C=O) groups excluding carboxylic acids is 5. The number of imide groups is 2. The summed E-state index contributed by atoms with van der Waals surface area (Å²) in [7, 11) is 0. The third kappa shape index (κ3) is 10.5. The van der Waals surface area contributed by atoms with Crippen molar-refractivity contribution in [1.82, 2.24) is 25.7 Å². The molecule has 0 bridgehead atoms. The van der Waals surface area contributed by atoms with Gasteiger partial charge in [0.25, 0.3) is 11.8 Å². The number of ether oxygens (including phenoxy) is 1. The van der Waals surface area contributed by atoms with Crippen molar-refractivity contribution in [2.24, 2.45) is 0 Å². The smallest absolute Gasteiger partial charge is 0.264 e. The second kappa shape index (κ2) is 19.5. The number of phenols is 1. The third-order valence-corrected chi connectivity index (χ3v) is 10.2. The van der Waals surface area contributed by atoms with Gasteiger partial charge >= 0.3 is 0 Å². The molecule has 0 aliphatic carbocycles. The van der Waals surface area contributed by atoms with E-state index in [1.807, 2.05) is 24.3 Å². The maximum absolute atomic E-state index is 13.2. The molecular weight excluding hydrogens is 727 g/mol. The van der Waals surface area contributed by atoms with Crippen LogP contribution in [0.1, 0.15) is 102 Å². The van der Waals surface area contributed by atoms with Gasteiger partial charge in [0, 0.05) is 49.7 Å². The van der Waals surface area contributed by atoms with E-state index in [4.69, 9.17) is 10.5 Å². The number of phenolic OH excluding ortho intramolecular Hbond substituents is 1. The lowest BCUT2D eigenvalue weighted by atomic mass is 10.0. The van der Waals surface area contributed by atoms with Gasteiger partial charge in [-0.05, 0) is 54.7 Å². The second-order valence-corrected chi connectivity index (χ2v) is 14.4. The molecule has 3 aromatic carbocycles. The molecule has 6 rings (SSSR count). The summed E-state index contributed by atoms with van der Waals surface area (Å²) in [6, 6.07) is 20.7. The van der Waals surface area contributed by atoms with Crippen molar-refractivity contribution >= 4 is 41.0 Å². The highest BCUT2D eigenvalue weighted by Crippen LogP contribution is 2.33. The number of para-hydroxylation sites is 1. The second-order valence-electron chi connectivity index (χ2n) is 14.4. The average molecular weight is 776 g/mol. The van der Waals surface area contributed by atoms with E-state index in [1.54, 1.807) is 48.5 Å². The molecule has 0 saturated carbocycles. The van der Waals surface area contributed by atoms with Gasteiger partial charge in [-0.25, -0.2) is 0 Å². The summed E-state index contributed by atoms with van der Waals surface area (Å²) in [6.45, 7) is 1.50. The molecule has 2 aliphatic rings. The monoisotopic (exact) mass is 775 g/mol. The van der Waals surface area contributed by atoms with Gasteiger partial charge in [0.1, 0.15) is 17.5 Å². The number of piperidine rings is 1. The summed E-state index contributed by atoms with van der Waals surface area (Å²) in [5.41, 5.74) is 10.2. The highest BCUT2D eigenvalue weighted by molar-refractivity contribution is 6.25. The van der Waals surface area contributed by atoms with E-state index >= 15 is 0 Å². The van der Waals surface area contributed by atoms with Crippen LogP contribution < -0.4 is 26.4 Å². The number of rotatable bonds is 20. The van der Waals surface area contributed by atoms with Gasteiger partial charge in [-0.15, -0.1) is 10.2 Å². The molecule has 4 aromatic rings. The molecule has 1 unspecified atom stereocenters. The average Bonchev–Trinajstić information content (AvgIpc) is 3.46. The van der Waals surface area contributed by atoms with Crippen LogP contribution >= 0.6 is 0 Å². The van der Waals surface area contributed by atoms with Gasteiger partial charge < -0.3 is 26.2 Å². The van der Waals surface area contributed by atoms with Crippen LogP contribution in [0.25, 0.3) is 11.3 Å². The number of hydrogen-bond donors (Lipinski definition) is 5. The van der Waals surface area contributed by atoms with E-state index < -0.39 is 29.7 Å². The number of anilines is 2. The zero-order valence-electron chi connectivity index (χ0n) is 31.9. The Kier molecular flexibility index (Phi) is 13.8. The fraction of sp³-hybridized carbons (Fsp3) is 0.372. The number of aromatic hydroxyl groups is 1. The first-order valence-corrected chi connectivity index (χ1v) is 19.7. The van der Waals surface area contributed by atoms with Gasteiger partial charge in [-0.3, -0.25) is 34.2 Å². The lowest BCUT2D eigenvalue weighted by Gasteiger charge is -2.27. The minimum Gasteiger partial charge on any atom is -0.507 e. The fourth-order valence-electron chi connectivity index (χ4n) is 7.07. The topological polar surface area (TPSA) is 206 Å². The third-order valence-electron chi connectivity index (χ3n) is 10.2. The number of hydrogen-bond acceptors (Lipinski definition) is 11. The Morgan fingerprint density at radius 2 is 1.54 bits per heavy atom. The number of amides is 5. The van der Waals surface area contributed by atoms with E-state index in [0.717, 1.165) is 67.4 Å². The van der Waals surface area contributed by atoms with E-state index in [2.05, 4.69) is 26.1 Å². The fourth-order valence-corrected chi connectivity index (χ4v) is 7.07. The standard InChI is InChI=1S/C43H49N7O7/c44-40-36(26-33(48-49-40)30-12-8-9-15-35(30)51)57-25-23-28-17-19-29(20-18-28)27-46-37(52)16-7-5-3-1-2-4-6-10-24-45-32-14-11-13-31-39(32)43(56)50(42(31)55)34-21-22-38(53)47-41(34)54/h8-9,11-15,17-20,26,34,45,51H,1-7,10,16,21-25,27H2,(H2,44,49)(H,46,52)(H,47,53,54). The van der Waals surface area contributed by atoms with Crippen molar-refractivity contribution in [2.75, 3.05) is 24.2 Å². The SMILES string of the molecule is Nc1nnc(-c2ccccc2O)cc1OCCc1ccc(CNC(=O)CCCCCCCCCCNc2cccc3c2C(=O)N(C2CCC(=O)NC2=O)C3=O)cc1. The molecule has 6 N–H and O–H groups in total. The largest absolute Gasteiger partial charge is 0.507 e. The molecule has 2 aliphatic heterocycles. The zero-order valence-corrected chi connectivity index (χ0v) is 31.9. The lowest BCUT2D eigenvalue weighted by Crippen LogP contribution is -2.54. The molecule has 14 heteroatoms. The first-order chi connectivity index (χ1) is 27.7. The van der Waals surface area contributed by atoms with Gasteiger partial charge in [0.05, 0.1) is 17.7 Å². The van der Waals surface area contributed by atoms with E-state index in [9.17, 15) is 29.1 Å². The van der Waals surface area contributed by atoms with Crippen LogP contribution in [0.3, 0.4) is 0 Å². The van der Waals surface area contributed by atoms with Crippen molar-refractivity contribution in [3.8, 4) is 22.8 Å². The molecule has 14 nitrogen and oxygen atoms in total. The van der Waals surface area contributed by atoms with Crippen LogP contribution in [0.4, 0.5) is 11.5 Å². The predicted octanol–water partition coefficient (Wildman–Crippen LogP) is 5.69. The molecule has 57 heavy (non-hydrogen) atoms. The maximum Gasteiger partial charge on any atom is 0.264 e. The number of benzene rings is 3. The molecule has 1 saturated heterocycles. The minimum absolute atomic E-state index is 0.0468. The van der Waals surface area contributed by atoms with Gasteiger partial charge in [-0.1, -0.05) is 81.0 Å². The Labute approximate surface area is 331 Å². The number of unbranched alkanes of at least 4 members (excludes halogenated alkanes) is 7. The Morgan fingerprint density at radius 1 is 0.842 bits per heavy atom. The summed E-state index contributed by atoms with van der Waals surface area (Å²) >= 11 is 0. The molecular formula is C43H49N7O7. The number of nitrogens with zero attached hydrogens (tertiary/aromatic N) is 3. The van der Waals surface area contributed by atoms with Gasteiger partial charge in [-0.2, -0.15) is 0 Å². The lowest BCUT2D eigenvalue weighted by molar-refractivity contribution is -0.136. The number of nitrogens with two attached hydrogens (primary N) is 1. The molecule has 3 heterocycles. The van der Waals surface area contributed by atoms with Crippen LogP contribution in [0.2, 0.25) is 0 Å². The first kappa shape index (κ1) is 40.4. The predicted molar refractivity (Wildman–Crippen MR) is 214 cm³/mol. The summed E-state index contributed by atoms with van der Waals surface area (Å²) in [4.78, 5) is 63.6. The molecule has 1 aromatic heterocycles. The van der Waals surface area contributed by atoms with Crippen LogP contribution in [0.15, 0.2) is 72.8 Å². The highest BCUT2D eigenvalue weighted by atomic mass is 16.5. The van der Waals surface area contributed by atoms with Crippen LogP contribution in [0, 0.1) is 0 Å². The number of nitrogens with one attached hydrogen (secondary N) is 3. The molecule has 1 atom stereocenters.